The number of fused-ring (bicyclic) bond motifs is 2. The summed E-state index contributed by atoms with van der Waals surface area (Å²) in [5.74, 6) is -1.06. The standard InChI is InChI=1S/C18H23NO4/c1-11-4-6-12(7-5-11)17(20)23-15-10-13-8-9-14(19(13)2)16(15)18(21)22-3/h4-7,13-16H,8-10H2,1-3H3/t13?,14?,15?,16-/m1/s1/i1+2. The largest absolute Gasteiger partial charge is 0.469 e. The Morgan fingerprint density at radius 2 is 1.91 bits per heavy atom. The van der Waals surface area contributed by atoms with Gasteiger partial charge in [0.05, 0.1) is 12.7 Å². The maximum Gasteiger partial charge on any atom is 0.338 e. The summed E-state index contributed by atoms with van der Waals surface area (Å²) in [7, 11) is 3.43. The summed E-state index contributed by atoms with van der Waals surface area (Å²) in [6, 6.07) is 7.75. The van der Waals surface area contributed by atoms with Crippen molar-refractivity contribution in [3.8, 4) is 0 Å². The van der Waals surface area contributed by atoms with E-state index < -0.39 is 12.0 Å². The second-order valence-corrected chi connectivity index (χ2v) is 6.56. The number of ether oxygens (including phenoxy) is 2. The molecule has 1 aromatic rings. The minimum atomic E-state index is -0.412. The molecule has 2 saturated heterocycles. The predicted molar refractivity (Wildman–Crippen MR) is 85.1 cm³/mol. The summed E-state index contributed by atoms with van der Waals surface area (Å²) in [4.78, 5) is 26.9. The molecule has 23 heavy (non-hydrogen) atoms. The van der Waals surface area contributed by atoms with Gasteiger partial charge in [-0.1, -0.05) is 17.7 Å². The van der Waals surface area contributed by atoms with E-state index in [2.05, 4.69) is 4.90 Å². The van der Waals surface area contributed by atoms with Crippen LogP contribution in [-0.2, 0) is 14.3 Å². The summed E-state index contributed by atoms with van der Waals surface area (Å²) < 4.78 is 10.7. The zero-order valence-corrected chi connectivity index (χ0v) is 13.8. The molecule has 2 aliphatic heterocycles. The van der Waals surface area contributed by atoms with Gasteiger partial charge in [-0.15, -0.1) is 0 Å². The Morgan fingerprint density at radius 1 is 1.22 bits per heavy atom. The highest BCUT2D eigenvalue weighted by atomic mass is 16.6. The lowest BCUT2D eigenvalue weighted by molar-refractivity contribution is -0.156. The van der Waals surface area contributed by atoms with Crippen LogP contribution in [0.5, 0.6) is 0 Å². The number of nitrogens with zero attached hydrogens (tertiary/aromatic N) is 1. The van der Waals surface area contributed by atoms with Crippen molar-refractivity contribution in [2.75, 3.05) is 14.2 Å². The molecule has 0 aromatic heterocycles. The Balaban J connectivity index is 1.78. The van der Waals surface area contributed by atoms with Crippen molar-refractivity contribution in [2.24, 2.45) is 5.92 Å². The number of aryl methyl sites for hydroxylation is 1. The average molecular weight is 319 g/mol. The van der Waals surface area contributed by atoms with E-state index in [1.165, 1.54) is 7.11 Å². The van der Waals surface area contributed by atoms with Crippen LogP contribution in [0.15, 0.2) is 24.3 Å². The second kappa shape index (κ2) is 6.32. The first-order valence-electron chi connectivity index (χ1n) is 8.08. The van der Waals surface area contributed by atoms with Crippen molar-refractivity contribution in [1.29, 1.82) is 0 Å². The zero-order chi connectivity index (χ0) is 16.6. The molecule has 0 amide bonds. The fourth-order valence-corrected chi connectivity index (χ4v) is 3.88. The molecule has 0 radical (unpaired) electrons. The van der Waals surface area contributed by atoms with Crippen LogP contribution in [0.25, 0.3) is 0 Å². The van der Waals surface area contributed by atoms with Crippen LogP contribution in [0, 0.1) is 12.8 Å². The van der Waals surface area contributed by atoms with E-state index in [0.717, 1.165) is 18.4 Å². The van der Waals surface area contributed by atoms with Gasteiger partial charge >= 0.3 is 11.9 Å². The van der Waals surface area contributed by atoms with Crippen LogP contribution in [0.2, 0.25) is 0 Å². The number of piperidine rings is 1. The number of carbonyl (C=O) groups excluding carboxylic acids is 2. The Hall–Kier alpha value is -1.88. The number of methoxy groups -OCH3 is 1. The molecule has 2 heterocycles. The summed E-state index contributed by atoms with van der Waals surface area (Å²) >= 11 is 0. The summed E-state index contributed by atoms with van der Waals surface area (Å²) in [5, 5.41) is 0. The summed E-state index contributed by atoms with van der Waals surface area (Å²) in [6.07, 6.45) is 2.25. The smallest absolute Gasteiger partial charge is 0.338 e. The van der Waals surface area contributed by atoms with Gasteiger partial charge in [0.15, 0.2) is 0 Å². The Kier molecular flexibility index (Phi) is 4.39. The lowest BCUT2D eigenvalue weighted by Gasteiger charge is -2.40. The lowest BCUT2D eigenvalue weighted by atomic mass is 9.87. The molecule has 0 aliphatic carbocycles. The van der Waals surface area contributed by atoms with Crippen molar-refractivity contribution in [1.82, 2.24) is 4.90 Å². The number of hydrogen-bond acceptors (Lipinski definition) is 5. The van der Waals surface area contributed by atoms with Gasteiger partial charge < -0.3 is 9.47 Å². The molecule has 4 atom stereocenters. The van der Waals surface area contributed by atoms with E-state index in [9.17, 15) is 9.59 Å². The van der Waals surface area contributed by atoms with Crippen LogP contribution in [0.3, 0.4) is 0 Å². The topological polar surface area (TPSA) is 55.8 Å². The lowest BCUT2D eigenvalue weighted by Crippen LogP contribution is -2.53. The van der Waals surface area contributed by atoms with Crippen LogP contribution in [0.4, 0.5) is 0 Å². The highest BCUT2D eigenvalue weighted by molar-refractivity contribution is 5.89. The molecule has 124 valence electrons. The predicted octanol–water partition coefficient (Wildman–Crippen LogP) is 2.18. The number of rotatable bonds is 3. The number of benzene rings is 1. The van der Waals surface area contributed by atoms with E-state index in [4.69, 9.17) is 9.47 Å². The van der Waals surface area contributed by atoms with Crippen LogP contribution in [0.1, 0.15) is 35.2 Å². The zero-order valence-electron chi connectivity index (χ0n) is 13.8. The molecule has 5 nitrogen and oxygen atoms in total. The third-order valence-corrected chi connectivity index (χ3v) is 5.23. The van der Waals surface area contributed by atoms with Crippen LogP contribution < -0.4 is 0 Å². The molecule has 2 bridgehead atoms. The molecular weight excluding hydrogens is 296 g/mol. The van der Waals surface area contributed by atoms with Gasteiger partial charge in [-0.25, -0.2) is 4.79 Å². The molecule has 2 fully saturated rings. The Labute approximate surface area is 136 Å². The molecule has 0 saturated carbocycles. The normalized spacial score (nSPS) is 30.0. The van der Waals surface area contributed by atoms with Gasteiger partial charge in [0.25, 0.3) is 0 Å². The fraction of sp³-hybridized carbons (Fsp3) is 0.556. The minimum absolute atomic E-state index is 0.0945. The molecule has 0 spiro atoms. The third kappa shape index (κ3) is 2.98. The molecule has 5 heteroatoms. The first-order valence-corrected chi connectivity index (χ1v) is 8.08. The Bertz CT molecular complexity index is 598. The van der Waals surface area contributed by atoms with E-state index in [1.54, 1.807) is 12.1 Å². The van der Waals surface area contributed by atoms with Gasteiger partial charge in [0, 0.05) is 18.5 Å². The van der Waals surface area contributed by atoms with Crippen molar-refractivity contribution < 1.29 is 19.1 Å². The SMILES string of the molecule is COC(=O)[C@H]1C(OC(=O)c2ccc([14CH3])cc2)CC2CCC1N2C. The number of carbonyl (C=O) groups is 2. The fourth-order valence-electron chi connectivity index (χ4n) is 3.88. The van der Waals surface area contributed by atoms with Gasteiger partial charge in [0.1, 0.15) is 12.0 Å². The van der Waals surface area contributed by atoms with E-state index in [-0.39, 0.29) is 18.0 Å². The van der Waals surface area contributed by atoms with E-state index >= 15 is 0 Å². The van der Waals surface area contributed by atoms with E-state index in [0.29, 0.717) is 18.0 Å². The minimum Gasteiger partial charge on any atom is -0.469 e. The first-order chi connectivity index (χ1) is 11.0. The molecule has 2 aliphatic rings. The van der Waals surface area contributed by atoms with Gasteiger partial charge in [-0.2, -0.15) is 0 Å². The highest BCUT2D eigenvalue weighted by Crippen LogP contribution is 2.40. The van der Waals surface area contributed by atoms with Crippen molar-refractivity contribution >= 4 is 11.9 Å². The first kappa shape index (κ1) is 16.0. The number of hydrogen-bond donors (Lipinski definition) is 0. The molecule has 3 unspecified atom stereocenters. The third-order valence-electron chi connectivity index (χ3n) is 5.23. The maximum atomic E-state index is 12.4. The maximum absolute atomic E-state index is 12.4. The van der Waals surface area contributed by atoms with Gasteiger partial charge in [-0.05, 0) is 38.9 Å². The summed E-state index contributed by atoms with van der Waals surface area (Å²) in [5.41, 5.74) is 1.61. The van der Waals surface area contributed by atoms with Crippen molar-refractivity contribution in [3.05, 3.63) is 35.4 Å². The monoisotopic (exact) mass is 319 g/mol. The molecule has 1 aromatic carbocycles. The highest BCUT2D eigenvalue weighted by Gasteiger charge is 2.50. The number of esters is 2. The van der Waals surface area contributed by atoms with Crippen molar-refractivity contribution in [3.63, 3.8) is 0 Å². The van der Waals surface area contributed by atoms with Crippen LogP contribution in [-0.4, -0.2) is 49.2 Å². The van der Waals surface area contributed by atoms with E-state index in [1.807, 2.05) is 26.1 Å². The van der Waals surface area contributed by atoms with Gasteiger partial charge in [0.2, 0.25) is 0 Å². The average Bonchev–Trinajstić information content (AvgIpc) is 2.78. The molecule has 0 N–H and O–H groups in total. The van der Waals surface area contributed by atoms with Crippen LogP contribution >= 0.6 is 0 Å². The molecular formula is C18H23NO4. The van der Waals surface area contributed by atoms with Crippen molar-refractivity contribution in [2.45, 2.75) is 44.4 Å². The van der Waals surface area contributed by atoms with Gasteiger partial charge in [-0.3, -0.25) is 9.69 Å². The Morgan fingerprint density at radius 3 is 2.57 bits per heavy atom. The quantitative estimate of drug-likeness (QED) is 0.799. The molecule has 3 rings (SSSR count). The summed E-state index contributed by atoms with van der Waals surface area (Å²) in [6.45, 7) is 1.97. The second-order valence-electron chi connectivity index (χ2n) is 6.56.